The van der Waals surface area contributed by atoms with Crippen molar-refractivity contribution in [2.75, 3.05) is 0 Å². The number of imide groups is 1. The number of hydrogen-bond acceptors (Lipinski definition) is 2. The van der Waals surface area contributed by atoms with Crippen LogP contribution < -0.4 is 0 Å². The summed E-state index contributed by atoms with van der Waals surface area (Å²) in [4.78, 5) is 25.2. The van der Waals surface area contributed by atoms with Crippen LogP contribution in [0, 0.1) is 0 Å². The number of benzene rings is 1. The smallest absolute Gasteiger partial charge is 0.265 e. The zero-order chi connectivity index (χ0) is 12.4. The molecular weight excluding hydrogens is 214 g/mol. The van der Waals surface area contributed by atoms with Crippen molar-refractivity contribution in [3.63, 3.8) is 0 Å². The number of carbonyl (C=O) groups excluding carboxylic acids is 2. The maximum Gasteiger partial charge on any atom is 0.265 e. The monoisotopic (exact) mass is 229 g/mol. The van der Waals surface area contributed by atoms with Crippen molar-refractivity contribution in [3.05, 3.63) is 47.2 Å². The first-order valence-electron chi connectivity index (χ1n) is 5.79. The van der Waals surface area contributed by atoms with E-state index in [4.69, 9.17) is 0 Å². The molecule has 3 nitrogen and oxygen atoms in total. The van der Waals surface area contributed by atoms with E-state index < -0.39 is 0 Å². The molecule has 1 aliphatic rings. The van der Waals surface area contributed by atoms with Crippen LogP contribution in [0.1, 0.15) is 47.4 Å². The normalized spacial score (nSPS) is 15.4. The number of nitrogens with zero attached hydrogens (tertiary/aromatic N) is 1. The molecule has 0 N–H and O–H groups in total. The van der Waals surface area contributed by atoms with E-state index in [0.717, 1.165) is 18.4 Å². The molecule has 88 valence electrons. The minimum Gasteiger partial charge on any atom is -0.268 e. The van der Waals surface area contributed by atoms with Gasteiger partial charge in [0.25, 0.3) is 11.8 Å². The molecule has 0 atom stereocenters. The summed E-state index contributed by atoms with van der Waals surface area (Å²) in [5.74, 6) is -0.442. The largest absolute Gasteiger partial charge is 0.268 e. The molecule has 1 aliphatic heterocycles. The summed E-state index contributed by atoms with van der Waals surface area (Å²) in [6.07, 6.45) is 3.56. The van der Waals surface area contributed by atoms with Crippen molar-refractivity contribution >= 4 is 11.8 Å². The number of rotatable bonds is 3. The van der Waals surface area contributed by atoms with Crippen molar-refractivity contribution in [2.45, 2.75) is 26.7 Å². The third-order valence-electron chi connectivity index (χ3n) is 2.82. The standard InChI is InChI=1S/C14H15NO2/c1-3-6-10(2)9-15-13(16)11-7-4-5-8-12(11)14(15)17/h4-5,7-9H,3,6H2,1-2H3/b10-9-. The predicted molar refractivity (Wildman–Crippen MR) is 65.6 cm³/mol. The Kier molecular flexibility index (Phi) is 3.09. The topological polar surface area (TPSA) is 37.4 Å². The second-order valence-electron chi connectivity index (χ2n) is 4.25. The fourth-order valence-corrected chi connectivity index (χ4v) is 2.00. The quantitative estimate of drug-likeness (QED) is 0.747. The molecule has 2 amide bonds. The Labute approximate surface area is 101 Å². The van der Waals surface area contributed by atoms with E-state index in [0.29, 0.717) is 11.1 Å². The summed E-state index contributed by atoms with van der Waals surface area (Å²) in [6.45, 7) is 4.01. The second-order valence-corrected chi connectivity index (χ2v) is 4.25. The molecule has 0 fully saturated rings. The van der Waals surface area contributed by atoms with Crippen molar-refractivity contribution in [1.29, 1.82) is 0 Å². The van der Waals surface area contributed by atoms with Crippen LogP contribution in [0.3, 0.4) is 0 Å². The average Bonchev–Trinajstić information content (AvgIpc) is 2.56. The van der Waals surface area contributed by atoms with Crippen molar-refractivity contribution in [1.82, 2.24) is 4.90 Å². The molecule has 0 bridgehead atoms. The fraction of sp³-hybridized carbons (Fsp3) is 0.286. The Morgan fingerprint density at radius 3 is 2.18 bits per heavy atom. The molecule has 0 aromatic heterocycles. The van der Waals surface area contributed by atoms with Crippen molar-refractivity contribution in [2.24, 2.45) is 0 Å². The van der Waals surface area contributed by atoms with Crippen LogP contribution >= 0.6 is 0 Å². The van der Waals surface area contributed by atoms with Gasteiger partial charge in [-0.2, -0.15) is 0 Å². The van der Waals surface area contributed by atoms with Gasteiger partial charge in [-0.1, -0.05) is 31.1 Å². The lowest BCUT2D eigenvalue weighted by Crippen LogP contribution is -2.24. The van der Waals surface area contributed by atoms with Gasteiger partial charge in [0.1, 0.15) is 0 Å². The summed E-state index contributed by atoms with van der Waals surface area (Å²) in [5.41, 5.74) is 2.04. The summed E-state index contributed by atoms with van der Waals surface area (Å²) in [6, 6.07) is 6.93. The summed E-state index contributed by atoms with van der Waals surface area (Å²) >= 11 is 0. The van der Waals surface area contributed by atoms with Gasteiger partial charge >= 0.3 is 0 Å². The number of hydrogen-bond donors (Lipinski definition) is 0. The van der Waals surface area contributed by atoms with Crippen molar-refractivity contribution < 1.29 is 9.59 Å². The number of allylic oxidation sites excluding steroid dienone is 1. The van der Waals surface area contributed by atoms with Crippen molar-refractivity contribution in [3.8, 4) is 0 Å². The van der Waals surface area contributed by atoms with E-state index in [2.05, 4.69) is 6.92 Å². The molecular formula is C14H15NO2. The van der Waals surface area contributed by atoms with Gasteiger partial charge in [-0.15, -0.1) is 0 Å². The first-order valence-corrected chi connectivity index (χ1v) is 5.79. The highest BCUT2D eigenvalue weighted by atomic mass is 16.2. The molecule has 1 heterocycles. The predicted octanol–water partition coefficient (Wildman–Crippen LogP) is 2.99. The molecule has 0 spiro atoms. The third-order valence-corrected chi connectivity index (χ3v) is 2.82. The molecule has 0 radical (unpaired) electrons. The van der Waals surface area contributed by atoms with Gasteiger partial charge in [0.2, 0.25) is 0 Å². The molecule has 1 aromatic carbocycles. The maximum atomic E-state index is 12.0. The maximum absolute atomic E-state index is 12.0. The highest BCUT2D eigenvalue weighted by Gasteiger charge is 2.33. The fourth-order valence-electron chi connectivity index (χ4n) is 2.00. The first-order chi connectivity index (χ1) is 8.15. The SMILES string of the molecule is CCC/C(C)=C\N1C(=O)c2ccccc2C1=O. The number of carbonyl (C=O) groups is 2. The molecule has 0 unspecified atom stereocenters. The molecule has 17 heavy (non-hydrogen) atoms. The lowest BCUT2D eigenvalue weighted by atomic mass is 10.1. The molecule has 3 heteroatoms. The van der Waals surface area contributed by atoms with Crippen LogP contribution in [-0.2, 0) is 0 Å². The first kappa shape index (κ1) is 11.6. The Balaban J connectivity index is 2.33. The minimum absolute atomic E-state index is 0.221. The van der Waals surface area contributed by atoms with E-state index in [1.165, 1.54) is 4.90 Å². The van der Waals surface area contributed by atoms with E-state index in [1.807, 2.05) is 6.92 Å². The Bertz CT molecular complexity index is 468. The zero-order valence-corrected chi connectivity index (χ0v) is 10.1. The van der Waals surface area contributed by atoms with E-state index >= 15 is 0 Å². The average molecular weight is 229 g/mol. The van der Waals surface area contributed by atoms with E-state index in [-0.39, 0.29) is 11.8 Å². The lowest BCUT2D eigenvalue weighted by molar-refractivity contribution is 0.0720. The lowest BCUT2D eigenvalue weighted by Gasteiger charge is -2.09. The van der Waals surface area contributed by atoms with Gasteiger partial charge in [0.05, 0.1) is 11.1 Å². The highest BCUT2D eigenvalue weighted by molar-refractivity contribution is 6.22. The Morgan fingerprint density at radius 2 is 1.71 bits per heavy atom. The van der Waals surface area contributed by atoms with Gasteiger partial charge in [-0.05, 0) is 25.5 Å². The summed E-state index contributed by atoms with van der Waals surface area (Å²) in [7, 11) is 0. The Morgan fingerprint density at radius 1 is 1.18 bits per heavy atom. The number of fused-ring (bicyclic) bond motifs is 1. The van der Waals surface area contributed by atoms with Crippen LogP contribution in [0.15, 0.2) is 36.0 Å². The summed E-state index contributed by atoms with van der Waals surface area (Å²) < 4.78 is 0. The minimum atomic E-state index is -0.221. The molecule has 0 saturated carbocycles. The number of amides is 2. The highest BCUT2D eigenvalue weighted by Crippen LogP contribution is 2.23. The van der Waals surface area contributed by atoms with Crippen LogP contribution in [0.25, 0.3) is 0 Å². The molecule has 0 saturated heterocycles. The second kappa shape index (κ2) is 4.53. The van der Waals surface area contributed by atoms with Gasteiger partial charge < -0.3 is 0 Å². The van der Waals surface area contributed by atoms with Gasteiger partial charge in [0.15, 0.2) is 0 Å². The Hall–Kier alpha value is -1.90. The van der Waals surface area contributed by atoms with E-state index in [9.17, 15) is 9.59 Å². The molecule has 0 aliphatic carbocycles. The molecule has 2 rings (SSSR count). The van der Waals surface area contributed by atoms with Crippen LogP contribution in [-0.4, -0.2) is 16.7 Å². The van der Waals surface area contributed by atoms with Crippen LogP contribution in [0.2, 0.25) is 0 Å². The van der Waals surface area contributed by atoms with E-state index in [1.54, 1.807) is 30.5 Å². The summed E-state index contributed by atoms with van der Waals surface area (Å²) in [5, 5.41) is 0. The van der Waals surface area contributed by atoms with Gasteiger partial charge in [-0.25, -0.2) is 4.90 Å². The van der Waals surface area contributed by atoms with Crippen LogP contribution in [0.5, 0.6) is 0 Å². The van der Waals surface area contributed by atoms with Crippen LogP contribution in [0.4, 0.5) is 0 Å². The zero-order valence-electron chi connectivity index (χ0n) is 10.1. The van der Waals surface area contributed by atoms with Gasteiger partial charge in [-0.3, -0.25) is 9.59 Å². The third kappa shape index (κ3) is 2.00. The van der Waals surface area contributed by atoms with Gasteiger partial charge in [0, 0.05) is 6.20 Å². The molecule has 1 aromatic rings.